The number of allylic oxidation sites excluding steroid dienone is 2. The summed E-state index contributed by atoms with van der Waals surface area (Å²) in [6.45, 7) is 1.41. The van der Waals surface area contributed by atoms with Crippen molar-refractivity contribution in [3.05, 3.63) is 47.7 Å². The molecule has 2 N–H and O–H groups in total. The molecule has 0 radical (unpaired) electrons. The molecule has 2 rings (SSSR count). The Hall–Kier alpha value is -2.18. The van der Waals surface area contributed by atoms with Crippen molar-refractivity contribution in [2.75, 3.05) is 45.4 Å². The van der Waals surface area contributed by atoms with Crippen LogP contribution in [0.4, 0.5) is 10.1 Å². The van der Waals surface area contributed by atoms with E-state index in [9.17, 15) is 4.39 Å². The van der Waals surface area contributed by atoms with Crippen molar-refractivity contribution in [2.24, 2.45) is 4.99 Å². The number of hydrogen-bond donors (Lipinski definition) is 1. The van der Waals surface area contributed by atoms with E-state index in [2.05, 4.69) is 11.1 Å². The molecular formula is C19H25FN2O3. The number of nitrogens with zero attached hydrogens (tertiary/aromatic N) is 1. The third-order valence-corrected chi connectivity index (χ3v) is 3.52. The zero-order chi connectivity index (χ0) is 17.7. The number of rotatable bonds is 10. The monoisotopic (exact) mass is 348 g/mol. The van der Waals surface area contributed by atoms with Gasteiger partial charge in [0.2, 0.25) is 0 Å². The lowest BCUT2D eigenvalue weighted by molar-refractivity contribution is 0.0308. The van der Waals surface area contributed by atoms with Crippen LogP contribution in [0.15, 0.2) is 47.1 Å². The summed E-state index contributed by atoms with van der Waals surface area (Å²) in [5.74, 6) is 0.724. The molecule has 136 valence electrons. The van der Waals surface area contributed by atoms with E-state index in [0.29, 0.717) is 26.4 Å². The average Bonchev–Trinajstić information content (AvgIpc) is 2.64. The molecule has 1 aliphatic heterocycles. The van der Waals surface area contributed by atoms with Crippen molar-refractivity contribution in [1.29, 1.82) is 0 Å². The van der Waals surface area contributed by atoms with E-state index in [-0.39, 0.29) is 6.61 Å². The molecule has 5 nitrogen and oxygen atoms in total. The topological polar surface area (TPSA) is 66.1 Å². The summed E-state index contributed by atoms with van der Waals surface area (Å²) in [5.41, 5.74) is 8.70. The largest absolute Gasteiger partial charge is 0.478 e. The van der Waals surface area contributed by atoms with E-state index < -0.39 is 6.67 Å². The highest BCUT2D eigenvalue weighted by molar-refractivity contribution is 5.78. The quantitative estimate of drug-likeness (QED) is 0.520. The molecule has 1 aliphatic rings. The summed E-state index contributed by atoms with van der Waals surface area (Å²) in [6, 6.07) is 7.73. The predicted molar refractivity (Wildman–Crippen MR) is 98.2 cm³/mol. The van der Waals surface area contributed by atoms with Crippen LogP contribution in [0.5, 0.6) is 0 Å². The third-order valence-electron chi connectivity index (χ3n) is 3.52. The summed E-state index contributed by atoms with van der Waals surface area (Å²) in [7, 11) is 0. The second-order valence-electron chi connectivity index (χ2n) is 5.49. The van der Waals surface area contributed by atoms with Gasteiger partial charge in [0.25, 0.3) is 0 Å². The Bertz CT molecular complexity index is 597. The first kappa shape index (κ1) is 19.1. The summed E-state index contributed by atoms with van der Waals surface area (Å²) >= 11 is 0. The molecule has 0 saturated heterocycles. The van der Waals surface area contributed by atoms with Crippen molar-refractivity contribution >= 4 is 17.7 Å². The number of ether oxygens (including phenoxy) is 3. The zero-order valence-corrected chi connectivity index (χ0v) is 14.3. The first-order chi connectivity index (χ1) is 12.3. The SMILES string of the molecule is Nc1ccc(C=CC2=CN=C(OCCOCCOCCF)CC2)cc1. The van der Waals surface area contributed by atoms with E-state index in [1.807, 2.05) is 36.5 Å². The van der Waals surface area contributed by atoms with Crippen LogP contribution in [-0.4, -0.2) is 45.6 Å². The first-order valence-corrected chi connectivity index (χ1v) is 8.41. The van der Waals surface area contributed by atoms with Crippen LogP contribution in [0.2, 0.25) is 0 Å². The standard InChI is InChI=1S/C19H25FN2O3/c20-9-10-23-11-12-24-13-14-25-19-8-5-17(15-22-19)2-1-16-3-6-18(21)7-4-16/h1-4,6-7,15H,5,8-14,21H2. The molecule has 0 amide bonds. The smallest absolute Gasteiger partial charge is 0.188 e. The van der Waals surface area contributed by atoms with E-state index in [1.165, 1.54) is 0 Å². The van der Waals surface area contributed by atoms with Gasteiger partial charge in [0.05, 0.1) is 26.4 Å². The fourth-order valence-corrected chi connectivity index (χ4v) is 2.18. The molecule has 0 fully saturated rings. The number of halogens is 1. The Labute approximate surface area is 148 Å². The highest BCUT2D eigenvalue weighted by Crippen LogP contribution is 2.16. The maximum Gasteiger partial charge on any atom is 0.188 e. The average molecular weight is 348 g/mol. The number of aliphatic imine (C=N–C) groups is 1. The number of anilines is 1. The lowest BCUT2D eigenvalue weighted by Crippen LogP contribution is -2.14. The molecule has 0 aromatic heterocycles. The van der Waals surface area contributed by atoms with Gasteiger partial charge >= 0.3 is 0 Å². The third kappa shape index (κ3) is 7.96. The molecule has 1 aromatic carbocycles. The summed E-state index contributed by atoms with van der Waals surface area (Å²) in [5, 5.41) is 0. The van der Waals surface area contributed by atoms with E-state index in [0.717, 1.165) is 35.6 Å². The van der Waals surface area contributed by atoms with Gasteiger partial charge in [-0.3, -0.25) is 0 Å². The van der Waals surface area contributed by atoms with Gasteiger partial charge in [-0.2, -0.15) is 0 Å². The Kier molecular flexibility index (Phi) is 8.72. The van der Waals surface area contributed by atoms with Crippen LogP contribution in [-0.2, 0) is 14.2 Å². The highest BCUT2D eigenvalue weighted by Gasteiger charge is 2.07. The highest BCUT2D eigenvalue weighted by atomic mass is 19.1. The molecule has 0 spiro atoms. The van der Waals surface area contributed by atoms with Crippen molar-refractivity contribution in [2.45, 2.75) is 12.8 Å². The van der Waals surface area contributed by atoms with Gasteiger partial charge in [0, 0.05) is 18.3 Å². The second kappa shape index (κ2) is 11.4. The number of nitrogens with two attached hydrogens (primary N) is 1. The maximum atomic E-state index is 11.8. The van der Waals surface area contributed by atoms with Gasteiger partial charge in [-0.1, -0.05) is 24.3 Å². The van der Waals surface area contributed by atoms with Crippen LogP contribution in [0.3, 0.4) is 0 Å². The van der Waals surface area contributed by atoms with Crippen LogP contribution in [0.25, 0.3) is 6.08 Å². The first-order valence-electron chi connectivity index (χ1n) is 8.41. The molecule has 25 heavy (non-hydrogen) atoms. The summed E-state index contributed by atoms with van der Waals surface area (Å²) in [6.07, 6.45) is 7.61. The van der Waals surface area contributed by atoms with Crippen molar-refractivity contribution in [3.8, 4) is 0 Å². The van der Waals surface area contributed by atoms with E-state index in [1.54, 1.807) is 0 Å². The number of benzene rings is 1. The predicted octanol–water partition coefficient (Wildman–Crippen LogP) is 3.38. The van der Waals surface area contributed by atoms with Gasteiger partial charge in [-0.25, -0.2) is 9.38 Å². The fourth-order valence-electron chi connectivity index (χ4n) is 2.18. The Morgan fingerprint density at radius 2 is 1.68 bits per heavy atom. The van der Waals surface area contributed by atoms with Crippen LogP contribution >= 0.6 is 0 Å². The lowest BCUT2D eigenvalue weighted by Gasteiger charge is -2.13. The zero-order valence-electron chi connectivity index (χ0n) is 14.3. The molecule has 0 unspecified atom stereocenters. The molecule has 0 bridgehead atoms. The van der Waals surface area contributed by atoms with Crippen molar-refractivity contribution in [1.82, 2.24) is 0 Å². The molecule has 0 aliphatic carbocycles. The van der Waals surface area contributed by atoms with Crippen LogP contribution in [0.1, 0.15) is 18.4 Å². The molecule has 1 aromatic rings. The summed E-state index contributed by atoms with van der Waals surface area (Å²) in [4.78, 5) is 4.33. The molecule has 0 atom stereocenters. The fraction of sp³-hybridized carbons (Fsp3) is 0.421. The van der Waals surface area contributed by atoms with Gasteiger partial charge in [-0.15, -0.1) is 0 Å². The minimum absolute atomic E-state index is 0.123. The molecule has 6 heteroatoms. The van der Waals surface area contributed by atoms with Crippen molar-refractivity contribution < 1.29 is 18.6 Å². The van der Waals surface area contributed by atoms with Crippen LogP contribution in [0, 0.1) is 0 Å². The van der Waals surface area contributed by atoms with Crippen LogP contribution < -0.4 is 5.73 Å². The number of hydrogen-bond acceptors (Lipinski definition) is 5. The Morgan fingerprint density at radius 3 is 2.36 bits per heavy atom. The Balaban J connectivity index is 1.64. The minimum atomic E-state index is -0.465. The van der Waals surface area contributed by atoms with E-state index >= 15 is 0 Å². The number of nitrogen functional groups attached to an aromatic ring is 1. The van der Waals surface area contributed by atoms with E-state index in [4.69, 9.17) is 19.9 Å². The maximum absolute atomic E-state index is 11.8. The number of alkyl halides is 1. The minimum Gasteiger partial charge on any atom is -0.478 e. The molecular weight excluding hydrogens is 323 g/mol. The van der Waals surface area contributed by atoms with Gasteiger partial charge in [0.1, 0.15) is 13.3 Å². The summed E-state index contributed by atoms with van der Waals surface area (Å²) < 4.78 is 27.7. The van der Waals surface area contributed by atoms with Gasteiger partial charge in [-0.05, 0) is 29.7 Å². The van der Waals surface area contributed by atoms with Crippen molar-refractivity contribution in [3.63, 3.8) is 0 Å². The Morgan fingerprint density at radius 1 is 0.960 bits per heavy atom. The van der Waals surface area contributed by atoms with Gasteiger partial charge < -0.3 is 19.9 Å². The molecule has 0 saturated carbocycles. The van der Waals surface area contributed by atoms with Gasteiger partial charge in [0.15, 0.2) is 5.90 Å². The lowest BCUT2D eigenvalue weighted by atomic mass is 10.1. The second-order valence-corrected chi connectivity index (χ2v) is 5.49. The normalized spacial score (nSPS) is 14.4. The molecule has 1 heterocycles.